The van der Waals surface area contributed by atoms with Gasteiger partial charge in [0.1, 0.15) is 4.90 Å². The van der Waals surface area contributed by atoms with E-state index in [0.29, 0.717) is 6.42 Å². The van der Waals surface area contributed by atoms with Gasteiger partial charge in [-0.1, -0.05) is 30.3 Å². The Labute approximate surface area is 182 Å². The van der Waals surface area contributed by atoms with E-state index in [1.165, 1.54) is 11.2 Å². The minimum atomic E-state index is -3.97. The Balaban J connectivity index is 1.74. The molecule has 0 radical (unpaired) electrons. The zero-order valence-electron chi connectivity index (χ0n) is 17.7. The number of hydrogen-bond acceptors (Lipinski definition) is 4. The fourth-order valence-electron chi connectivity index (χ4n) is 4.08. The number of carbonyl (C=O) groups excluding carboxylic acids is 2. The third kappa shape index (κ3) is 4.65. The van der Waals surface area contributed by atoms with Gasteiger partial charge in [-0.2, -0.15) is 4.31 Å². The molecule has 2 aromatic carbocycles. The Morgan fingerprint density at radius 3 is 2.58 bits per heavy atom. The second kappa shape index (κ2) is 8.43. The van der Waals surface area contributed by atoms with Gasteiger partial charge in [0, 0.05) is 25.9 Å². The maximum atomic E-state index is 13.8. The maximum absolute atomic E-state index is 13.8. The molecular weight excluding hydrogens is 414 g/mol. The van der Waals surface area contributed by atoms with Crippen molar-refractivity contribution in [2.24, 2.45) is 0 Å². The van der Waals surface area contributed by atoms with Gasteiger partial charge >= 0.3 is 0 Å². The van der Waals surface area contributed by atoms with Crippen LogP contribution in [0.5, 0.6) is 0 Å². The zero-order valence-corrected chi connectivity index (χ0v) is 18.5. The number of amides is 2. The van der Waals surface area contributed by atoms with E-state index in [2.05, 4.69) is 10.6 Å². The summed E-state index contributed by atoms with van der Waals surface area (Å²) in [7, 11) is -3.97. The molecule has 8 heteroatoms. The largest absolute Gasteiger partial charge is 0.353 e. The van der Waals surface area contributed by atoms with Gasteiger partial charge in [-0.25, -0.2) is 8.42 Å². The number of fused-ring (bicyclic) bond motifs is 1. The highest BCUT2D eigenvalue weighted by molar-refractivity contribution is 7.89. The summed E-state index contributed by atoms with van der Waals surface area (Å²) in [4.78, 5) is 24.4. The van der Waals surface area contributed by atoms with Crippen LogP contribution in [0.15, 0.2) is 47.4 Å². The predicted molar refractivity (Wildman–Crippen MR) is 118 cm³/mol. The number of nitrogens with one attached hydrogen (secondary N) is 2. The number of sulfonamides is 1. The van der Waals surface area contributed by atoms with Crippen molar-refractivity contribution in [3.8, 4) is 0 Å². The quantitative estimate of drug-likeness (QED) is 0.721. The Bertz CT molecular complexity index is 1130. The van der Waals surface area contributed by atoms with Crippen molar-refractivity contribution in [3.05, 3.63) is 59.2 Å². The molecule has 0 bridgehead atoms. The molecule has 4 rings (SSSR count). The Kier molecular flexibility index (Phi) is 5.85. The fraction of sp³-hybridized carbons (Fsp3) is 0.391. The van der Waals surface area contributed by atoms with Crippen LogP contribution in [0.2, 0.25) is 0 Å². The molecule has 1 aliphatic carbocycles. The minimum Gasteiger partial charge on any atom is -0.353 e. The summed E-state index contributed by atoms with van der Waals surface area (Å²) in [5, 5.41) is 5.60. The molecule has 2 aliphatic rings. The van der Waals surface area contributed by atoms with E-state index in [1.54, 1.807) is 18.2 Å². The Hall–Kier alpha value is -2.71. The lowest BCUT2D eigenvalue weighted by Crippen LogP contribution is -2.42. The van der Waals surface area contributed by atoms with Gasteiger partial charge < -0.3 is 10.6 Å². The normalized spacial score (nSPS) is 18.8. The number of benzene rings is 2. The van der Waals surface area contributed by atoms with Gasteiger partial charge in [0.25, 0.3) is 0 Å². The molecule has 0 aromatic heterocycles. The molecular formula is C23H27N3O4S. The van der Waals surface area contributed by atoms with Crippen LogP contribution in [0.1, 0.15) is 48.9 Å². The third-order valence-electron chi connectivity index (χ3n) is 5.72. The summed E-state index contributed by atoms with van der Waals surface area (Å²) < 4.78 is 29.1. The average Bonchev–Trinajstić information content (AvgIpc) is 3.53. The summed E-state index contributed by atoms with van der Waals surface area (Å²) in [5.74, 6) is -0.486. The molecule has 1 fully saturated rings. The van der Waals surface area contributed by atoms with E-state index in [9.17, 15) is 18.0 Å². The van der Waals surface area contributed by atoms with E-state index in [-0.39, 0.29) is 41.4 Å². The highest BCUT2D eigenvalue weighted by atomic mass is 32.2. The SMILES string of the molecule is CC(=O)Nc1ccc(C)cc1S(=O)(=O)N1CCc2ccccc2[C@@H]1CC(=O)NC1CC1. The first-order valence-electron chi connectivity index (χ1n) is 10.5. The molecule has 1 aliphatic heterocycles. The van der Waals surface area contributed by atoms with Gasteiger partial charge in [-0.3, -0.25) is 9.59 Å². The Morgan fingerprint density at radius 1 is 1.13 bits per heavy atom. The van der Waals surface area contributed by atoms with Crippen LogP contribution in [0.3, 0.4) is 0 Å². The topological polar surface area (TPSA) is 95.6 Å². The van der Waals surface area contributed by atoms with Crippen molar-refractivity contribution in [1.29, 1.82) is 0 Å². The average molecular weight is 442 g/mol. The Morgan fingerprint density at radius 2 is 1.87 bits per heavy atom. The summed E-state index contributed by atoms with van der Waals surface area (Å²) in [6.45, 7) is 3.43. The number of carbonyl (C=O) groups is 2. The molecule has 1 atom stereocenters. The van der Waals surface area contributed by atoms with E-state index >= 15 is 0 Å². The molecule has 2 amide bonds. The molecule has 164 valence electrons. The minimum absolute atomic E-state index is 0.0506. The first-order valence-corrected chi connectivity index (χ1v) is 12.0. The van der Waals surface area contributed by atoms with Crippen molar-refractivity contribution >= 4 is 27.5 Å². The number of aryl methyl sites for hydroxylation is 1. The lowest BCUT2D eigenvalue weighted by atomic mass is 9.92. The lowest BCUT2D eigenvalue weighted by Gasteiger charge is -2.36. The van der Waals surface area contributed by atoms with E-state index < -0.39 is 16.1 Å². The van der Waals surface area contributed by atoms with Gasteiger partial charge in [0.2, 0.25) is 21.8 Å². The highest BCUT2D eigenvalue weighted by Crippen LogP contribution is 2.38. The van der Waals surface area contributed by atoms with E-state index in [4.69, 9.17) is 0 Å². The molecule has 1 saturated carbocycles. The summed E-state index contributed by atoms with van der Waals surface area (Å²) in [5.41, 5.74) is 2.94. The molecule has 0 saturated heterocycles. The van der Waals surface area contributed by atoms with Crippen LogP contribution in [-0.4, -0.2) is 37.1 Å². The first-order chi connectivity index (χ1) is 14.8. The van der Waals surface area contributed by atoms with Gasteiger partial charge in [-0.05, 0) is 55.0 Å². The van der Waals surface area contributed by atoms with Crippen molar-refractivity contribution in [2.75, 3.05) is 11.9 Å². The number of anilines is 1. The van der Waals surface area contributed by atoms with Crippen molar-refractivity contribution in [1.82, 2.24) is 9.62 Å². The van der Waals surface area contributed by atoms with Crippen LogP contribution in [-0.2, 0) is 26.0 Å². The summed E-state index contributed by atoms with van der Waals surface area (Å²) in [6, 6.07) is 12.2. The molecule has 2 aromatic rings. The zero-order chi connectivity index (χ0) is 22.2. The molecule has 7 nitrogen and oxygen atoms in total. The predicted octanol–water partition coefficient (Wildman–Crippen LogP) is 2.91. The smallest absolute Gasteiger partial charge is 0.245 e. The van der Waals surface area contributed by atoms with Crippen LogP contribution in [0.25, 0.3) is 0 Å². The standard InChI is InChI=1S/C23H27N3O4S/c1-15-7-10-20(24-16(2)27)22(13-15)31(29,30)26-12-11-17-5-3-4-6-19(17)21(26)14-23(28)25-18-8-9-18/h3-7,10,13,18,21H,8-9,11-12,14H2,1-2H3,(H,24,27)(H,25,28)/t21-/m0/s1. The summed E-state index contributed by atoms with van der Waals surface area (Å²) in [6.07, 6.45) is 2.57. The van der Waals surface area contributed by atoms with Crippen molar-refractivity contribution in [2.45, 2.75) is 56.5 Å². The first kappa shape index (κ1) is 21.5. The van der Waals surface area contributed by atoms with Crippen molar-refractivity contribution in [3.63, 3.8) is 0 Å². The number of rotatable bonds is 6. The number of nitrogens with zero attached hydrogens (tertiary/aromatic N) is 1. The van der Waals surface area contributed by atoms with E-state index in [1.807, 2.05) is 31.2 Å². The maximum Gasteiger partial charge on any atom is 0.245 e. The second-order valence-corrected chi connectivity index (χ2v) is 10.2. The third-order valence-corrected chi connectivity index (χ3v) is 7.67. The van der Waals surface area contributed by atoms with Crippen LogP contribution in [0.4, 0.5) is 5.69 Å². The molecule has 2 N–H and O–H groups in total. The van der Waals surface area contributed by atoms with Gasteiger partial charge in [0.05, 0.1) is 11.7 Å². The summed E-state index contributed by atoms with van der Waals surface area (Å²) >= 11 is 0. The van der Waals surface area contributed by atoms with Crippen LogP contribution in [0, 0.1) is 6.92 Å². The van der Waals surface area contributed by atoms with Crippen molar-refractivity contribution < 1.29 is 18.0 Å². The monoisotopic (exact) mass is 441 g/mol. The molecule has 0 unspecified atom stereocenters. The fourth-order valence-corrected chi connectivity index (χ4v) is 5.92. The molecule has 0 spiro atoms. The molecule has 31 heavy (non-hydrogen) atoms. The lowest BCUT2D eigenvalue weighted by molar-refractivity contribution is -0.122. The van der Waals surface area contributed by atoms with Gasteiger partial charge in [-0.15, -0.1) is 0 Å². The second-order valence-electron chi connectivity index (χ2n) is 8.31. The highest BCUT2D eigenvalue weighted by Gasteiger charge is 2.39. The van der Waals surface area contributed by atoms with Gasteiger partial charge in [0.15, 0.2) is 0 Å². The van der Waals surface area contributed by atoms with Crippen LogP contribution >= 0.6 is 0 Å². The molecule has 1 heterocycles. The van der Waals surface area contributed by atoms with Crippen LogP contribution < -0.4 is 10.6 Å². The number of hydrogen-bond donors (Lipinski definition) is 2. The van der Waals surface area contributed by atoms with E-state index in [0.717, 1.165) is 29.5 Å².